The van der Waals surface area contributed by atoms with Crippen LogP contribution in [0.1, 0.15) is 0 Å². The van der Waals surface area contributed by atoms with Gasteiger partial charge in [0.25, 0.3) is 5.08 Å². The Bertz CT molecular complexity index is 610. The molecule has 8 N–H and O–H groups in total. The van der Waals surface area contributed by atoms with Gasteiger partial charge in [-0.15, -0.1) is 0 Å². The predicted octanol–water partition coefficient (Wildman–Crippen LogP) is -1.16. The van der Waals surface area contributed by atoms with Gasteiger partial charge in [0.15, 0.2) is 0 Å². The topological polar surface area (TPSA) is 239 Å². The summed E-state index contributed by atoms with van der Waals surface area (Å²) in [5.74, 6) is 0. The van der Waals surface area contributed by atoms with Crippen LogP contribution in [0.3, 0.4) is 0 Å². The number of hydrogen-bond acceptors (Lipinski definition) is 7. The zero-order valence-corrected chi connectivity index (χ0v) is 13.4. The molecule has 13 nitrogen and oxygen atoms in total. The fourth-order valence-corrected chi connectivity index (χ4v) is 6.53. The molecule has 0 radical (unpaired) electrons. The molecule has 0 aliphatic rings. The standard InChI is InChI=1S/C4H12O13P4/c1-3(18(7,8)9)19(10,11)17-21(15,16)4(6,2-5)20(12,13)14/h5-6H,1-2H2,(H,10,11)(H,15,16)(H2,7,8,9)(H2,12,13,14). The van der Waals surface area contributed by atoms with Crippen LogP contribution < -0.4 is 0 Å². The van der Waals surface area contributed by atoms with Gasteiger partial charge in [0.2, 0.25) is 0 Å². The molecular formula is C4H12O13P4. The minimum atomic E-state index is -6.16. The van der Waals surface area contributed by atoms with E-state index in [1.807, 2.05) is 0 Å². The molecule has 3 unspecified atom stereocenters. The van der Waals surface area contributed by atoms with Crippen LogP contribution in [0.15, 0.2) is 11.6 Å². The van der Waals surface area contributed by atoms with E-state index in [1.165, 1.54) is 0 Å². The fraction of sp³-hybridized carbons (Fsp3) is 0.500. The Morgan fingerprint density at radius 2 is 1.38 bits per heavy atom. The third-order valence-electron chi connectivity index (χ3n) is 2.01. The van der Waals surface area contributed by atoms with Gasteiger partial charge in [0, 0.05) is 0 Å². The van der Waals surface area contributed by atoms with Gasteiger partial charge in [-0.2, -0.15) is 0 Å². The van der Waals surface area contributed by atoms with Crippen molar-refractivity contribution in [3.05, 3.63) is 11.6 Å². The van der Waals surface area contributed by atoms with Gasteiger partial charge >= 0.3 is 30.4 Å². The van der Waals surface area contributed by atoms with Gasteiger partial charge in [-0.05, 0) is 0 Å². The molecule has 0 spiro atoms. The van der Waals surface area contributed by atoms with Gasteiger partial charge in [0.05, 0.1) is 6.61 Å². The highest BCUT2D eigenvalue weighted by molar-refractivity contribution is 7.83. The van der Waals surface area contributed by atoms with Crippen molar-refractivity contribution < 1.29 is 62.1 Å². The molecule has 0 fully saturated rings. The van der Waals surface area contributed by atoms with E-state index < -0.39 is 47.1 Å². The molecule has 3 atom stereocenters. The molecule has 0 aliphatic carbocycles. The largest absolute Gasteiger partial charge is 0.392 e. The number of hydrogen-bond donors (Lipinski definition) is 8. The van der Waals surface area contributed by atoms with Crippen LogP contribution in [0.5, 0.6) is 0 Å². The smallest absolute Gasteiger partial charge is 0.381 e. The van der Waals surface area contributed by atoms with Crippen LogP contribution >= 0.6 is 30.4 Å². The van der Waals surface area contributed by atoms with Crippen molar-refractivity contribution in [3.63, 3.8) is 0 Å². The zero-order chi connectivity index (χ0) is 17.5. The van der Waals surface area contributed by atoms with Gasteiger partial charge < -0.3 is 39.6 Å². The summed E-state index contributed by atoms with van der Waals surface area (Å²) in [6.45, 7) is 0.418. The van der Waals surface area contributed by atoms with Crippen LogP contribution in [0, 0.1) is 0 Å². The molecule has 0 saturated heterocycles. The van der Waals surface area contributed by atoms with Gasteiger partial charge in [-0.1, -0.05) is 6.58 Å². The van der Waals surface area contributed by atoms with Crippen molar-refractivity contribution in [3.8, 4) is 0 Å². The van der Waals surface area contributed by atoms with Crippen molar-refractivity contribution in [2.24, 2.45) is 0 Å². The number of aliphatic hydroxyl groups excluding tert-OH is 1. The molecule has 17 heteroatoms. The minimum Gasteiger partial charge on any atom is -0.392 e. The molecular weight excluding hydrogens is 380 g/mol. The van der Waals surface area contributed by atoms with Gasteiger partial charge in [0.1, 0.15) is 5.06 Å². The SMILES string of the molecule is C=C(P(=O)(O)O)P(=O)(O)OP(=O)(O)C(O)(CO)P(=O)(O)O. The first-order valence-electron chi connectivity index (χ1n) is 4.44. The molecule has 0 saturated carbocycles. The summed E-state index contributed by atoms with van der Waals surface area (Å²) in [6, 6.07) is 0. The van der Waals surface area contributed by atoms with Crippen molar-refractivity contribution in [2.75, 3.05) is 6.61 Å². The summed E-state index contributed by atoms with van der Waals surface area (Å²) in [4.78, 5) is 53.0. The maximum atomic E-state index is 11.6. The maximum Gasteiger partial charge on any atom is 0.381 e. The van der Waals surface area contributed by atoms with E-state index in [2.05, 4.69) is 10.9 Å². The highest BCUT2D eigenvalue weighted by Crippen LogP contribution is 2.78. The average Bonchev–Trinajstić information content (AvgIpc) is 2.22. The summed E-state index contributed by atoms with van der Waals surface area (Å²) in [7, 11) is -23.4. The minimum absolute atomic E-state index is 1.85. The highest BCUT2D eigenvalue weighted by atomic mass is 31.3. The van der Waals surface area contributed by atoms with Crippen LogP contribution in [0.25, 0.3) is 0 Å². The van der Waals surface area contributed by atoms with Crippen molar-refractivity contribution in [1.29, 1.82) is 0 Å². The molecule has 0 aliphatic heterocycles. The second kappa shape index (κ2) is 6.07. The number of rotatable bonds is 7. The zero-order valence-electron chi connectivity index (χ0n) is 9.82. The van der Waals surface area contributed by atoms with Crippen LogP contribution in [-0.2, 0) is 22.6 Å². The number of aliphatic hydroxyl groups is 2. The fourth-order valence-electron chi connectivity index (χ4n) is 0.773. The van der Waals surface area contributed by atoms with E-state index in [9.17, 15) is 28.3 Å². The van der Waals surface area contributed by atoms with E-state index in [0.717, 1.165) is 0 Å². The normalized spacial score (nSPS) is 21.9. The van der Waals surface area contributed by atoms with Crippen LogP contribution in [-0.4, -0.2) is 51.3 Å². The Morgan fingerprint density at radius 3 is 1.62 bits per heavy atom. The molecule has 0 amide bonds. The Kier molecular flexibility index (Phi) is 6.15. The van der Waals surface area contributed by atoms with Crippen molar-refractivity contribution >= 4 is 30.4 Å². The Morgan fingerprint density at radius 1 is 1.00 bits per heavy atom. The van der Waals surface area contributed by atoms with Crippen LogP contribution in [0.4, 0.5) is 0 Å². The first kappa shape index (κ1) is 21.3. The molecule has 21 heavy (non-hydrogen) atoms. The molecule has 0 heterocycles. The average molecular weight is 392 g/mol. The summed E-state index contributed by atoms with van der Waals surface area (Å²) >= 11 is 0. The Labute approximate surface area is 116 Å². The lowest BCUT2D eigenvalue weighted by molar-refractivity contribution is 0.0732. The Hall–Kier alpha value is 0.300. The van der Waals surface area contributed by atoms with Crippen molar-refractivity contribution in [1.82, 2.24) is 0 Å². The monoisotopic (exact) mass is 392 g/mol. The molecule has 0 aromatic heterocycles. The first-order valence-corrected chi connectivity index (χ1v) is 10.8. The highest BCUT2D eigenvalue weighted by Gasteiger charge is 2.63. The molecule has 0 bridgehead atoms. The third-order valence-corrected chi connectivity index (χ3v) is 10.3. The summed E-state index contributed by atoms with van der Waals surface area (Å²) in [6.07, 6.45) is 0. The maximum absolute atomic E-state index is 11.6. The van der Waals surface area contributed by atoms with Crippen molar-refractivity contribution in [2.45, 2.75) is 5.08 Å². The second-order valence-electron chi connectivity index (χ2n) is 3.56. The van der Waals surface area contributed by atoms with E-state index >= 15 is 0 Å². The Balaban J connectivity index is 5.85. The predicted molar refractivity (Wildman–Crippen MR) is 66.0 cm³/mol. The molecule has 126 valence electrons. The lowest BCUT2D eigenvalue weighted by atomic mass is 10.8. The van der Waals surface area contributed by atoms with Gasteiger partial charge in [-0.25, -0.2) is 4.31 Å². The first-order chi connectivity index (χ1) is 8.92. The van der Waals surface area contributed by atoms with Crippen LogP contribution in [0.2, 0.25) is 0 Å². The lowest BCUT2D eigenvalue weighted by Gasteiger charge is -2.31. The molecule has 0 rings (SSSR count). The summed E-state index contributed by atoms with van der Waals surface area (Å²) < 4.78 is 48.2. The quantitative estimate of drug-likeness (QED) is 0.239. The van der Waals surface area contributed by atoms with E-state index in [4.69, 9.17) is 29.6 Å². The second-order valence-corrected chi connectivity index (χ2v) is 11.7. The van der Waals surface area contributed by atoms with E-state index in [0.29, 0.717) is 0 Å². The third kappa shape index (κ3) is 4.40. The summed E-state index contributed by atoms with van der Waals surface area (Å²) in [5, 5.41) is 12.0. The molecule has 0 aromatic rings. The van der Waals surface area contributed by atoms with E-state index in [1.54, 1.807) is 0 Å². The van der Waals surface area contributed by atoms with Gasteiger partial charge in [-0.3, -0.25) is 18.3 Å². The lowest BCUT2D eigenvalue weighted by Crippen LogP contribution is -2.33. The molecule has 0 aromatic carbocycles. The summed E-state index contributed by atoms with van der Waals surface area (Å²) in [5.41, 5.74) is 0. The van der Waals surface area contributed by atoms with E-state index in [-0.39, 0.29) is 0 Å².